The van der Waals surface area contributed by atoms with E-state index in [4.69, 9.17) is 0 Å². The van der Waals surface area contributed by atoms with E-state index >= 15 is 0 Å². The Balaban J connectivity index is 2.44. The molecule has 1 rings (SSSR count). The molecule has 0 aliphatic rings. The highest BCUT2D eigenvalue weighted by molar-refractivity contribution is 5.23. The second-order valence-electron chi connectivity index (χ2n) is 5.87. The molecule has 0 spiro atoms. The van der Waals surface area contributed by atoms with E-state index in [1.165, 1.54) is 56.1 Å². The van der Waals surface area contributed by atoms with Gasteiger partial charge in [-0.1, -0.05) is 70.7 Å². The zero-order chi connectivity index (χ0) is 14.6. The van der Waals surface area contributed by atoms with Crippen molar-refractivity contribution in [1.82, 2.24) is 5.32 Å². The van der Waals surface area contributed by atoms with Crippen LogP contribution in [0.15, 0.2) is 24.3 Å². The van der Waals surface area contributed by atoms with E-state index in [0.717, 1.165) is 13.0 Å². The van der Waals surface area contributed by atoms with Crippen molar-refractivity contribution >= 4 is 0 Å². The van der Waals surface area contributed by atoms with Gasteiger partial charge < -0.3 is 5.32 Å². The van der Waals surface area contributed by atoms with Crippen molar-refractivity contribution < 1.29 is 0 Å². The van der Waals surface area contributed by atoms with Crippen molar-refractivity contribution in [1.29, 1.82) is 0 Å². The molecule has 1 nitrogen and oxygen atoms in total. The summed E-state index contributed by atoms with van der Waals surface area (Å²) in [4.78, 5) is 0. The number of hydrogen-bond acceptors (Lipinski definition) is 1. The third-order valence-electron chi connectivity index (χ3n) is 4.00. The van der Waals surface area contributed by atoms with Crippen molar-refractivity contribution in [3.63, 3.8) is 0 Å². The number of rotatable bonds is 11. The number of hydrogen-bond donors (Lipinski definition) is 1. The second-order valence-corrected chi connectivity index (χ2v) is 5.87. The predicted octanol–water partition coefficient (Wildman–Crippen LogP) is 5.13. The van der Waals surface area contributed by atoms with Gasteiger partial charge in [-0.3, -0.25) is 0 Å². The minimum atomic E-state index is 0.652. The normalized spacial score (nSPS) is 12.6. The summed E-state index contributed by atoms with van der Waals surface area (Å²) in [6.07, 6.45) is 10.3. The van der Waals surface area contributed by atoms with Crippen LogP contribution in [-0.4, -0.2) is 12.6 Å². The van der Waals surface area contributed by atoms with Gasteiger partial charge >= 0.3 is 0 Å². The smallest absolute Gasteiger partial charge is 0.0107 e. The minimum absolute atomic E-state index is 0.652. The molecule has 1 heteroatoms. The highest BCUT2D eigenvalue weighted by atomic mass is 14.9. The van der Waals surface area contributed by atoms with Gasteiger partial charge in [-0.15, -0.1) is 0 Å². The topological polar surface area (TPSA) is 12.0 Å². The van der Waals surface area contributed by atoms with Gasteiger partial charge in [-0.05, 0) is 43.4 Å². The molecular weight excluding hydrogens is 242 g/mol. The number of benzene rings is 1. The van der Waals surface area contributed by atoms with E-state index in [9.17, 15) is 0 Å². The molecule has 0 radical (unpaired) electrons. The molecule has 0 bridgehead atoms. The standard InChI is InChI=1S/C19H33N/c1-4-7-8-9-10-19(20-15-5-2)16-18-13-11-17(6-3)12-14-18/h11-14,19-20H,4-10,15-16H2,1-3H3. The van der Waals surface area contributed by atoms with E-state index in [0.29, 0.717) is 6.04 Å². The van der Waals surface area contributed by atoms with Crippen molar-refractivity contribution in [3.8, 4) is 0 Å². The summed E-state index contributed by atoms with van der Waals surface area (Å²) >= 11 is 0. The lowest BCUT2D eigenvalue weighted by molar-refractivity contribution is 0.453. The highest BCUT2D eigenvalue weighted by Gasteiger charge is 2.08. The molecule has 1 N–H and O–H groups in total. The molecule has 114 valence electrons. The fourth-order valence-corrected chi connectivity index (χ4v) is 2.64. The van der Waals surface area contributed by atoms with Gasteiger partial charge in [0.25, 0.3) is 0 Å². The van der Waals surface area contributed by atoms with Gasteiger partial charge in [0.05, 0.1) is 0 Å². The Labute approximate surface area is 126 Å². The summed E-state index contributed by atoms with van der Waals surface area (Å²) in [5.41, 5.74) is 2.92. The third kappa shape index (κ3) is 7.09. The molecule has 0 aliphatic heterocycles. The van der Waals surface area contributed by atoms with Gasteiger partial charge in [0, 0.05) is 6.04 Å². The average Bonchev–Trinajstić information content (AvgIpc) is 2.49. The summed E-state index contributed by atoms with van der Waals surface area (Å²) < 4.78 is 0. The first-order valence-electron chi connectivity index (χ1n) is 8.61. The van der Waals surface area contributed by atoms with Crippen LogP contribution in [0.4, 0.5) is 0 Å². The molecule has 0 saturated carbocycles. The maximum Gasteiger partial charge on any atom is 0.0107 e. The summed E-state index contributed by atoms with van der Waals surface area (Å²) in [5, 5.41) is 3.72. The minimum Gasteiger partial charge on any atom is -0.314 e. The average molecular weight is 275 g/mol. The third-order valence-corrected chi connectivity index (χ3v) is 4.00. The molecule has 0 saturated heterocycles. The van der Waals surface area contributed by atoms with Crippen LogP contribution in [0.2, 0.25) is 0 Å². The van der Waals surface area contributed by atoms with Gasteiger partial charge in [0.1, 0.15) is 0 Å². The van der Waals surface area contributed by atoms with Gasteiger partial charge in [0.2, 0.25) is 0 Å². The predicted molar refractivity (Wildman–Crippen MR) is 90.4 cm³/mol. The van der Waals surface area contributed by atoms with Crippen LogP contribution in [0.25, 0.3) is 0 Å². The van der Waals surface area contributed by atoms with E-state index < -0.39 is 0 Å². The largest absolute Gasteiger partial charge is 0.314 e. The van der Waals surface area contributed by atoms with E-state index in [2.05, 4.69) is 50.4 Å². The first-order chi connectivity index (χ1) is 9.80. The summed E-state index contributed by atoms with van der Waals surface area (Å²) in [6.45, 7) is 7.89. The molecule has 1 aromatic rings. The summed E-state index contributed by atoms with van der Waals surface area (Å²) in [7, 11) is 0. The lowest BCUT2D eigenvalue weighted by Gasteiger charge is -2.19. The molecule has 1 unspecified atom stereocenters. The zero-order valence-corrected chi connectivity index (χ0v) is 13.8. The van der Waals surface area contributed by atoms with Crippen LogP contribution in [0.5, 0.6) is 0 Å². The molecule has 20 heavy (non-hydrogen) atoms. The van der Waals surface area contributed by atoms with Gasteiger partial charge in [0.15, 0.2) is 0 Å². The Hall–Kier alpha value is -0.820. The molecule has 0 aliphatic carbocycles. The maximum atomic E-state index is 3.72. The molecule has 0 fully saturated rings. The monoisotopic (exact) mass is 275 g/mol. The lowest BCUT2D eigenvalue weighted by Crippen LogP contribution is -2.31. The van der Waals surface area contributed by atoms with Crippen molar-refractivity contribution in [2.24, 2.45) is 0 Å². The van der Waals surface area contributed by atoms with E-state index in [1.54, 1.807) is 0 Å². The first-order valence-corrected chi connectivity index (χ1v) is 8.61. The Kier molecular flexibility index (Phi) is 9.40. The Bertz CT molecular complexity index is 328. The highest BCUT2D eigenvalue weighted by Crippen LogP contribution is 2.12. The van der Waals surface area contributed by atoms with Crippen LogP contribution in [0.1, 0.15) is 70.4 Å². The molecule has 0 amide bonds. The summed E-state index contributed by atoms with van der Waals surface area (Å²) in [5.74, 6) is 0. The zero-order valence-electron chi connectivity index (χ0n) is 13.8. The van der Waals surface area contributed by atoms with E-state index in [-0.39, 0.29) is 0 Å². The lowest BCUT2D eigenvalue weighted by atomic mass is 9.98. The van der Waals surface area contributed by atoms with Crippen molar-refractivity contribution in [2.45, 2.75) is 78.2 Å². The molecule has 0 heterocycles. The number of nitrogens with one attached hydrogen (secondary N) is 1. The maximum absolute atomic E-state index is 3.72. The second kappa shape index (κ2) is 10.9. The first kappa shape index (κ1) is 17.2. The van der Waals surface area contributed by atoms with Crippen LogP contribution >= 0.6 is 0 Å². The number of unbranched alkanes of at least 4 members (excludes halogenated alkanes) is 3. The Morgan fingerprint density at radius 2 is 1.55 bits per heavy atom. The Morgan fingerprint density at radius 1 is 0.850 bits per heavy atom. The summed E-state index contributed by atoms with van der Waals surface area (Å²) in [6, 6.07) is 9.84. The fraction of sp³-hybridized carbons (Fsp3) is 0.684. The van der Waals surface area contributed by atoms with Crippen LogP contribution in [0.3, 0.4) is 0 Å². The van der Waals surface area contributed by atoms with Gasteiger partial charge in [-0.25, -0.2) is 0 Å². The van der Waals surface area contributed by atoms with E-state index in [1.807, 2.05) is 0 Å². The van der Waals surface area contributed by atoms with Crippen LogP contribution < -0.4 is 5.32 Å². The molecule has 0 aromatic heterocycles. The van der Waals surface area contributed by atoms with Gasteiger partial charge in [-0.2, -0.15) is 0 Å². The number of aryl methyl sites for hydroxylation is 1. The van der Waals surface area contributed by atoms with Crippen molar-refractivity contribution in [2.75, 3.05) is 6.54 Å². The van der Waals surface area contributed by atoms with Crippen LogP contribution in [0, 0.1) is 0 Å². The SMILES string of the molecule is CCCCCCC(Cc1ccc(CC)cc1)NCCC. The molecule has 1 aromatic carbocycles. The van der Waals surface area contributed by atoms with Crippen molar-refractivity contribution in [3.05, 3.63) is 35.4 Å². The quantitative estimate of drug-likeness (QED) is 0.552. The van der Waals surface area contributed by atoms with Crippen LogP contribution in [-0.2, 0) is 12.8 Å². The molecular formula is C19H33N. The molecule has 1 atom stereocenters. The Morgan fingerprint density at radius 3 is 2.15 bits per heavy atom. The fourth-order valence-electron chi connectivity index (χ4n) is 2.64.